The Bertz CT molecular complexity index is 602. The highest BCUT2D eigenvalue weighted by Crippen LogP contribution is 2.18. The Morgan fingerprint density at radius 3 is 2.67 bits per heavy atom. The van der Waals surface area contributed by atoms with Crippen LogP contribution in [0.5, 0.6) is 0 Å². The summed E-state index contributed by atoms with van der Waals surface area (Å²) in [5.41, 5.74) is 1.43. The van der Waals surface area contributed by atoms with Gasteiger partial charge in [0.25, 0.3) is 0 Å². The summed E-state index contributed by atoms with van der Waals surface area (Å²) in [6, 6.07) is 11.1. The van der Waals surface area contributed by atoms with Crippen LogP contribution in [-0.4, -0.2) is 24.7 Å². The van der Waals surface area contributed by atoms with Crippen molar-refractivity contribution in [2.24, 2.45) is 0 Å². The number of fused-ring (bicyclic) bond motifs is 1. The maximum absolute atomic E-state index is 10.9. The fourth-order valence-electron chi connectivity index (χ4n) is 1.81. The van der Waals surface area contributed by atoms with Crippen molar-refractivity contribution in [1.82, 2.24) is 5.32 Å². The lowest BCUT2D eigenvalue weighted by molar-refractivity contribution is 0.0697. The molecule has 0 saturated heterocycles. The van der Waals surface area contributed by atoms with E-state index in [-0.39, 0.29) is 0 Å². The summed E-state index contributed by atoms with van der Waals surface area (Å²) in [6.07, 6.45) is 4.09. The van der Waals surface area contributed by atoms with E-state index in [0.717, 1.165) is 22.9 Å². The molecule has 0 aromatic heterocycles. The van der Waals surface area contributed by atoms with Gasteiger partial charge < -0.3 is 10.4 Å². The summed E-state index contributed by atoms with van der Waals surface area (Å²) >= 11 is 0. The number of carboxylic acids is 1. The number of benzene rings is 2. The average molecular weight is 241 g/mol. The van der Waals surface area contributed by atoms with Crippen LogP contribution in [0.1, 0.15) is 15.9 Å². The van der Waals surface area contributed by atoms with Crippen molar-refractivity contribution < 1.29 is 9.90 Å². The van der Waals surface area contributed by atoms with Crippen LogP contribution in [0.25, 0.3) is 16.8 Å². The summed E-state index contributed by atoms with van der Waals surface area (Å²) in [5, 5.41) is 14.0. The lowest BCUT2D eigenvalue weighted by Gasteiger charge is -2.01. The van der Waals surface area contributed by atoms with Crippen LogP contribution < -0.4 is 5.32 Å². The van der Waals surface area contributed by atoms with Crippen molar-refractivity contribution in [1.29, 1.82) is 0 Å². The van der Waals surface area contributed by atoms with Crippen LogP contribution in [0.15, 0.2) is 42.5 Å². The first-order valence-corrected chi connectivity index (χ1v) is 5.79. The predicted octanol–water partition coefficient (Wildman–Crippen LogP) is 2.77. The van der Waals surface area contributed by atoms with Crippen LogP contribution in [-0.2, 0) is 0 Å². The molecule has 0 amide bonds. The van der Waals surface area contributed by atoms with Crippen LogP contribution in [0.2, 0.25) is 0 Å². The number of aromatic carboxylic acids is 1. The first-order valence-electron chi connectivity index (χ1n) is 5.79. The van der Waals surface area contributed by atoms with Gasteiger partial charge in [-0.1, -0.05) is 30.4 Å². The van der Waals surface area contributed by atoms with E-state index in [1.807, 2.05) is 43.5 Å². The summed E-state index contributed by atoms with van der Waals surface area (Å²) in [4.78, 5) is 10.9. The van der Waals surface area contributed by atoms with E-state index in [2.05, 4.69) is 5.32 Å². The molecule has 2 aromatic rings. The van der Waals surface area contributed by atoms with Crippen molar-refractivity contribution >= 4 is 22.8 Å². The molecular formula is C15H15NO2. The minimum atomic E-state index is -0.894. The molecule has 0 spiro atoms. The Morgan fingerprint density at radius 2 is 1.94 bits per heavy atom. The number of carboxylic acid groups (broad SMARTS) is 1. The van der Waals surface area contributed by atoms with Gasteiger partial charge in [0.05, 0.1) is 5.56 Å². The molecule has 2 rings (SSSR count). The fraction of sp³-hybridized carbons (Fsp3) is 0.133. The Balaban J connectivity index is 2.35. The molecule has 0 fully saturated rings. The standard InChI is InChI=1S/C15H15NO2/c1-16-8-2-3-11-4-5-13-10-14(15(17)18)7-6-12(13)9-11/h2-7,9-10,16H,8H2,1H3,(H,17,18). The molecule has 0 aliphatic heterocycles. The van der Waals surface area contributed by atoms with Crippen molar-refractivity contribution in [3.63, 3.8) is 0 Å². The second-order valence-electron chi connectivity index (χ2n) is 4.09. The molecule has 0 unspecified atom stereocenters. The predicted molar refractivity (Wildman–Crippen MR) is 73.9 cm³/mol. The highest BCUT2D eigenvalue weighted by Gasteiger charge is 2.03. The Hall–Kier alpha value is -2.13. The van der Waals surface area contributed by atoms with E-state index in [1.165, 1.54) is 0 Å². The van der Waals surface area contributed by atoms with Crippen LogP contribution in [0, 0.1) is 0 Å². The van der Waals surface area contributed by atoms with Gasteiger partial charge in [0.1, 0.15) is 0 Å². The summed E-state index contributed by atoms with van der Waals surface area (Å²) in [7, 11) is 1.90. The third kappa shape index (κ3) is 2.76. The molecule has 92 valence electrons. The van der Waals surface area contributed by atoms with Gasteiger partial charge in [-0.05, 0) is 41.6 Å². The average Bonchev–Trinajstić information content (AvgIpc) is 2.38. The molecule has 0 bridgehead atoms. The van der Waals surface area contributed by atoms with Crippen molar-refractivity contribution in [3.8, 4) is 0 Å². The topological polar surface area (TPSA) is 49.3 Å². The van der Waals surface area contributed by atoms with E-state index >= 15 is 0 Å². The fourth-order valence-corrected chi connectivity index (χ4v) is 1.81. The molecule has 0 aliphatic carbocycles. The molecule has 18 heavy (non-hydrogen) atoms. The molecule has 3 heteroatoms. The molecule has 3 nitrogen and oxygen atoms in total. The smallest absolute Gasteiger partial charge is 0.335 e. The highest BCUT2D eigenvalue weighted by molar-refractivity contribution is 5.94. The monoisotopic (exact) mass is 241 g/mol. The maximum atomic E-state index is 10.9. The Labute approximate surface area is 106 Å². The van der Waals surface area contributed by atoms with Crippen LogP contribution in [0.4, 0.5) is 0 Å². The van der Waals surface area contributed by atoms with Crippen LogP contribution in [0.3, 0.4) is 0 Å². The zero-order chi connectivity index (χ0) is 13.0. The molecule has 0 radical (unpaired) electrons. The highest BCUT2D eigenvalue weighted by atomic mass is 16.4. The molecule has 2 aromatic carbocycles. The molecule has 0 atom stereocenters. The van der Waals surface area contributed by atoms with Gasteiger partial charge >= 0.3 is 5.97 Å². The number of hydrogen-bond donors (Lipinski definition) is 2. The number of carbonyl (C=O) groups is 1. The third-order valence-corrected chi connectivity index (χ3v) is 2.74. The summed E-state index contributed by atoms with van der Waals surface area (Å²) < 4.78 is 0. The third-order valence-electron chi connectivity index (χ3n) is 2.74. The van der Waals surface area contributed by atoms with Gasteiger partial charge in [-0.15, -0.1) is 0 Å². The van der Waals surface area contributed by atoms with Crippen molar-refractivity contribution in [2.45, 2.75) is 0 Å². The van der Waals surface area contributed by atoms with Crippen molar-refractivity contribution in [3.05, 3.63) is 53.6 Å². The van der Waals surface area contributed by atoms with Gasteiger partial charge in [0, 0.05) is 6.54 Å². The second kappa shape index (κ2) is 5.47. The number of likely N-dealkylation sites (N-methyl/N-ethyl adjacent to an activating group) is 1. The normalized spacial score (nSPS) is 11.2. The van der Waals surface area contributed by atoms with Gasteiger partial charge in [-0.2, -0.15) is 0 Å². The lowest BCUT2D eigenvalue weighted by Crippen LogP contribution is -2.03. The van der Waals surface area contributed by atoms with E-state index in [9.17, 15) is 4.79 Å². The number of hydrogen-bond acceptors (Lipinski definition) is 2. The molecular weight excluding hydrogens is 226 g/mol. The summed E-state index contributed by atoms with van der Waals surface area (Å²) in [6.45, 7) is 0.829. The van der Waals surface area contributed by atoms with Crippen LogP contribution >= 0.6 is 0 Å². The second-order valence-corrected chi connectivity index (χ2v) is 4.09. The van der Waals surface area contributed by atoms with E-state index in [0.29, 0.717) is 5.56 Å². The molecule has 0 saturated carbocycles. The molecule has 0 heterocycles. The van der Waals surface area contributed by atoms with Gasteiger partial charge in [0.2, 0.25) is 0 Å². The largest absolute Gasteiger partial charge is 0.478 e. The van der Waals surface area contributed by atoms with E-state index in [4.69, 9.17) is 5.11 Å². The zero-order valence-corrected chi connectivity index (χ0v) is 10.2. The first kappa shape index (κ1) is 12.3. The summed E-state index contributed by atoms with van der Waals surface area (Å²) in [5.74, 6) is -0.894. The SMILES string of the molecule is CNCC=Cc1ccc2cc(C(=O)O)ccc2c1. The molecule has 0 aliphatic rings. The number of nitrogens with one attached hydrogen (secondary N) is 1. The number of rotatable bonds is 4. The van der Waals surface area contributed by atoms with Gasteiger partial charge in [0.15, 0.2) is 0 Å². The van der Waals surface area contributed by atoms with Crippen molar-refractivity contribution in [2.75, 3.05) is 13.6 Å². The van der Waals surface area contributed by atoms with Gasteiger partial charge in [-0.3, -0.25) is 0 Å². The van der Waals surface area contributed by atoms with Gasteiger partial charge in [-0.25, -0.2) is 4.79 Å². The minimum absolute atomic E-state index is 0.320. The van der Waals surface area contributed by atoms with E-state index in [1.54, 1.807) is 12.1 Å². The first-order chi connectivity index (χ1) is 8.70. The van der Waals surface area contributed by atoms with E-state index < -0.39 is 5.97 Å². The quantitative estimate of drug-likeness (QED) is 0.865. The Morgan fingerprint density at radius 1 is 1.22 bits per heavy atom. The minimum Gasteiger partial charge on any atom is -0.478 e. The molecule has 2 N–H and O–H groups in total. The zero-order valence-electron chi connectivity index (χ0n) is 10.2. The maximum Gasteiger partial charge on any atom is 0.335 e. The Kier molecular flexibility index (Phi) is 3.75. The lowest BCUT2D eigenvalue weighted by atomic mass is 10.0.